The molecule has 0 unspecified atom stereocenters. The predicted molar refractivity (Wildman–Crippen MR) is 93.7 cm³/mol. The molecule has 0 aliphatic carbocycles. The van der Waals surface area contributed by atoms with Gasteiger partial charge in [-0.05, 0) is 22.6 Å². The maximum absolute atomic E-state index is 13.3. The normalized spacial score (nSPS) is 12.0. The Morgan fingerprint density at radius 2 is 1.87 bits per heavy atom. The Balaban J connectivity index is 1.74. The molecule has 0 saturated carbocycles. The van der Waals surface area contributed by atoms with Crippen LogP contribution >= 0.6 is 23.4 Å². The van der Waals surface area contributed by atoms with E-state index in [9.17, 15) is 4.39 Å². The minimum Gasteiger partial charge on any atom is -0.430 e. The highest BCUT2D eigenvalue weighted by Gasteiger charge is 2.14. The molecule has 3 rings (SSSR count). The van der Waals surface area contributed by atoms with Crippen molar-refractivity contribution in [2.24, 2.45) is 0 Å². The summed E-state index contributed by atoms with van der Waals surface area (Å²) in [5.41, 5.74) is 3.50. The fraction of sp³-hybridized carbons (Fsp3) is 0.278. The van der Waals surface area contributed by atoms with Crippen molar-refractivity contribution >= 4 is 34.5 Å². The molecule has 0 fully saturated rings. The topological polar surface area (TPSA) is 26.0 Å². The Kier molecular flexibility index (Phi) is 4.39. The Labute approximate surface area is 144 Å². The number of oxazole rings is 1. The molecule has 0 bridgehead atoms. The SMILES string of the molecule is CC(C)(C)c1ccc(CSc2nc3cc(F)cc(Cl)c3o2)cc1. The van der Waals surface area contributed by atoms with Gasteiger partial charge in [-0.3, -0.25) is 0 Å². The van der Waals surface area contributed by atoms with Crippen LogP contribution in [0, 0.1) is 5.82 Å². The predicted octanol–water partition coefficient (Wildman–Crippen LogP) is 6.21. The van der Waals surface area contributed by atoms with Gasteiger partial charge in [0.2, 0.25) is 0 Å². The van der Waals surface area contributed by atoms with Gasteiger partial charge in [-0.2, -0.15) is 0 Å². The molecule has 2 aromatic carbocycles. The lowest BCUT2D eigenvalue weighted by Gasteiger charge is -2.19. The van der Waals surface area contributed by atoms with Gasteiger partial charge in [-0.1, -0.05) is 68.4 Å². The van der Waals surface area contributed by atoms with E-state index in [4.69, 9.17) is 16.0 Å². The fourth-order valence-corrected chi connectivity index (χ4v) is 3.27. The van der Waals surface area contributed by atoms with E-state index in [1.807, 2.05) is 0 Å². The van der Waals surface area contributed by atoms with Gasteiger partial charge in [0.05, 0.1) is 5.02 Å². The number of halogens is 2. The molecule has 120 valence electrons. The summed E-state index contributed by atoms with van der Waals surface area (Å²) >= 11 is 7.44. The van der Waals surface area contributed by atoms with E-state index < -0.39 is 5.82 Å². The lowest BCUT2D eigenvalue weighted by atomic mass is 9.87. The average Bonchev–Trinajstić information content (AvgIpc) is 2.88. The minimum atomic E-state index is -0.412. The zero-order valence-electron chi connectivity index (χ0n) is 13.2. The van der Waals surface area contributed by atoms with E-state index in [0.717, 1.165) is 5.75 Å². The van der Waals surface area contributed by atoms with Gasteiger partial charge in [-0.15, -0.1) is 0 Å². The van der Waals surface area contributed by atoms with E-state index in [2.05, 4.69) is 50.0 Å². The summed E-state index contributed by atoms with van der Waals surface area (Å²) in [7, 11) is 0. The van der Waals surface area contributed by atoms with Crippen molar-refractivity contribution in [3.63, 3.8) is 0 Å². The van der Waals surface area contributed by atoms with E-state index >= 15 is 0 Å². The summed E-state index contributed by atoms with van der Waals surface area (Å²) in [5, 5.41) is 0.737. The molecule has 23 heavy (non-hydrogen) atoms. The van der Waals surface area contributed by atoms with Crippen LogP contribution in [0.15, 0.2) is 46.0 Å². The van der Waals surface area contributed by atoms with Crippen LogP contribution in [0.25, 0.3) is 11.1 Å². The molecule has 5 heteroatoms. The third kappa shape index (κ3) is 3.70. The molecule has 0 aliphatic rings. The van der Waals surface area contributed by atoms with Crippen LogP contribution in [0.4, 0.5) is 4.39 Å². The lowest BCUT2D eigenvalue weighted by Crippen LogP contribution is -2.10. The monoisotopic (exact) mass is 349 g/mol. The van der Waals surface area contributed by atoms with E-state index in [1.165, 1.54) is 35.0 Å². The third-order valence-electron chi connectivity index (χ3n) is 3.57. The first-order valence-electron chi connectivity index (χ1n) is 7.31. The number of nitrogens with zero attached hydrogens (tertiary/aromatic N) is 1. The summed E-state index contributed by atoms with van der Waals surface area (Å²) in [6.07, 6.45) is 0. The molecule has 1 aromatic heterocycles. The number of hydrogen-bond donors (Lipinski definition) is 0. The summed E-state index contributed by atoms with van der Waals surface area (Å²) in [4.78, 5) is 4.28. The number of aromatic nitrogens is 1. The second-order valence-electron chi connectivity index (χ2n) is 6.45. The number of hydrogen-bond acceptors (Lipinski definition) is 3. The summed E-state index contributed by atoms with van der Waals surface area (Å²) in [6.45, 7) is 6.58. The van der Waals surface area contributed by atoms with Gasteiger partial charge in [0.1, 0.15) is 11.3 Å². The number of benzene rings is 2. The van der Waals surface area contributed by atoms with Crippen molar-refractivity contribution < 1.29 is 8.81 Å². The van der Waals surface area contributed by atoms with Crippen molar-refractivity contribution in [1.82, 2.24) is 4.98 Å². The van der Waals surface area contributed by atoms with Crippen LogP contribution in [0.1, 0.15) is 31.9 Å². The van der Waals surface area contributed by atoms with Crippen LogP contribution in [0.2, 0.25) is 5.02 Å². The molecule has 0 atom stereocenters. The highest BCUT2D eigenvalue weighted by Crippen LogP contribution is 2.31. The first kappa shape index (κ1) is 16.3. The first-order valence-corrected chi connectivity index (χ1v) is 8.67. The van der Waals surface area contributed by atoms with Crippen molar-refractivity contribution in [1.29, 1.82) is 0 Å². The van der Waals surface area contributed by atoms with Crippen molar-refractivity contribution in [3.05, 3.63) is 58.4 Å². The Morgan fingerprint density at radius 1 is 1.17 bits per heavy atom. The van der Waals surface area contributed by atoms with Crippen molar-refractivity contribution in [2.75, 3.05) is 0 Å². The number of fused-ring (bicyclic) bond motifs is 1. The third-order valence-corrected chi connectivity index (χ3v) is 4.75. The largest absolute Gasteiger partial charge is 0.430 e. The van der Waals surface area contributed by atoms with Crippen LogP contribution in [-0.4, -0.2) is 4.98 Å². The van der Waals surface area contributed by atoms with Crippen LogP contribution < -0.4 is 0 Å². The van der Waals surface area contributed by atoms with Crippen LogP contribution in [0.3, 0.4) is 0 Å². The Morgan fingerprint density at radius 3 is 2.52 bits per heavy atom. The fourth-order valence-electron chi connectivity index (χ4n) is 2.25. The standard InChI is InChI=1S/C18H17ClFNOS/c1-18(2,3)12-6-4-11(5-7-12)10-23-17-21-15-9-13(20)8-14(19)16(15)22-17/h4-9H,10H2,1-3H3. The van der Waals surface area contributed by atoms with Crippen LogP contribution in [0.5, 0.6) is 0 Å². The second-order valence-corrected chi connectivity index (χ2v) is 7.79. The van der Waals surface area contributed by atoms with E-state index in [0.29, 0.717) is 16.3 Å². The zero-order chi connectivity index (χ0) is 16.6. The van der Waals surface area contributed by atoms with Gasteiger partial charge in [0.15, 0.2) is 5.58 Å². The lowest BCUT2D eigenvalue weighted by molar-refractivity contribution is 0.489. The molecule has 0 aliphatic heterocycles. The molecule has 0 spiro atoms. The first-order chi connectivity index (χ1) is 10.8. The molecule has 0 amide bonds. The Hall–Kier alpha value is -1.52. The quantitative estimate of drug-likeness (QED) is 0.526. The zero-order valence-corrected chi connectivity index (χ0v) is 14.8. The van der Waals surface area contributed by atoms with Gasteiger partial charge >= 0.3 is 0 Å². The molecule has 3 aromatic rings. The van der Waals surface area contributed by atoms with Gasteiger partial charge in [-0.25, -0.2) is 9.37 Å². The van der Waals surface area contributed by atoms with Gasteiger partial charge < -0.3 is 4.42 Å². The second kappa shape index (κ2) is 6.17. The molecule has 0 radical (unpaired) electrons. The van der Waals surface area contributed by atoms with E-state index in [-0.39, 0.29) is 10.4 Å². The number of thioether (sulfide) groups is 1. The highest BCUT2D eigenvalue weighted by atomic mass is 35.5. The number of rotatable bonds is 3. The molecular weight excluding hydrogens is 333 g/mol. The minimum absolute atomic E-state index is 0.146. The van der Waals surface area contributed by atoms with E-state index in [1.54, 1.807) is 0 Å². The molecular formula is C18H17ClFNOS. The maximum atomic E-state index is 13.3. The smallest absolute Gasteiger partial charge is 0.257 e. The molecule has 0 saturated heterocycles. The van der Waals surface area contributed by atoms with Crippen LogP contribution in [-0.2, 0) is 11.2 Å². The highest BCUT2D eigenvalue weighted by molar-refractivity contribution is 7.98. The molecule has 0 N–H and O–H groups in total. The van der Waals surface area contributed by atoms with Gasteiger partial charge in [0, 0.05) is 11.8 Å². The van der Waals surface area contributed by atoms with Crippen molar-refractivity contribution in [2.45, 2.75) is 37.2 Å². The molecule has 1 heterocycles. The summed E-state index contributed by atoms with van der Waals surface area (Å²) in [5.74, 6) is 0.322. The molecule has 2 nitrogen and oxygen atoms in total. The van der Waals surface area contributed by atoms with Gasteiger partial charge in [0.25, 0.3) is 5.22 Å². The Bertz CT molecular complexity index is 837. The summed E-state index contributed by atoms with van der Waals surface area (Å²) < 4.78 is 18.9. The maximum Gasteiger partial charge on any atom is 0.257 e. The average molecular weight is 350 g/mol. The van der Waals surface area contributed by atoms with Crippen molar-refractivity contribution in [3.8, 4) is 0 Å². The summed E-state index contributed by atoms with van der Waals surface area (Å²) in [6, 6.07) is 11.1.